The summed E-state index contributed by atoms with van der Waals surface area (Å²) in [5.41, 5.74) is 2.56. The topological polar surface area (TPSA) is 97.8 Å². The van der Waals surface area contributed by atoms with Gasteiger partial charge in [0.25, 0.3) is 0 Å². The van der Waals surface area contributed by atoms with Crippen LogP contribution in [0.3, 0.4) is 0 Å². The SMILES string of the molecule is COCCN(CC=CC(=O)Nc1ccc2nc(OCC3CC3)nc(N[C@H](C)c3ccccc3)c2c1)CCOC. The molecule has 9 heteroatoms. The average Bonchev–Trinajstić information content (AvgIpc) is 3.78. The van der Waals surface area contributed by atoms with E-state index >= 15 is 0 Å². The maximum Gasteiger partial charge on any atom is 0.318 e. The number of rotatable bonds is 16. The van der Waals surface area contributed by atoms with Gasteiger partial charge >= 0.3 is 6.01 Å². The number of nitrogens with one attached hydrogen (secondary N) is 2. The molecule has 2 aromatic carbocycles. The lowest BCUT2D eigenvalue weighted by molar-refractivity contribution is -0.111. The third-order valence-electron chi connectivity index (χ3n) is 6.60. The molecule has 1 saturated carbocycles. The van der Waals surface area contributed by atoms with Crippen LogP contribution in [0.25, 0.3) is 10.9 Å². The quantitative estimate of drug-likeness (QED) is 0.256. The van der Waals surface area contributed by atoms with Gasteiger partial charge in [0.15, 0.2) is 0 Å². The first kappa shape index (κ1) is 28.5. The predicted octanol–water partition coefficient (Wildman–Crippen LogP) is 4.68. The van der Waals surface area contributed by atoms with Crippen LogP contribution in [0.4, 0.5) is 11.5 Å². The molecule has 1 fully saturated rings. The van der Waals surface area contributed by atoms with E-state index in [9.17, 15) is 4.79 Å². The number of hydrogen-bond donors (Lipinski definition) is 2. The highest BCUT2D eigenvalue weighted by atomic mass is 16.5. The molecule has 1 amide bonds. The fourth-order valence-electron chi connectivity index (χ4n) is 4.09. The Morgan fingerprint density at radius 3 is 2.51 bits per heavy atom. The minimum Gasteiger partial charge on any atom is -0.463 e. The number of anilines is 2. The van der Waals surface area contributed by atoms with Gasteiger partial charge in [-0.3, -0.25) is 9.69 Å². The molecule has 1 aliphatic rings. The van der Waals surface area contributed by atoms with Crippen LogP contribution in [0.15, 0.2) is 60.7 Å². The molecule has 39 heavy (non-hydrogen) atoms. The maximum absolute atomic E-state index is 12.7. The molecule has 3 aromatic rings. The highest BCUT2D eigenvalue weighted by molar-refractivity contribution is 6.01. The Balaban J connectivity index is 1.48. The minimum atomic E-state index is -0.203. The summed E-state index contributed by atoms with van der Waals surface area (Å²) in [5, 5.41) is 7.29. The molecule has 0 saturated heterocycles. The van der Waals surface area contributed by atoms with Crippen LogP contribution in [-0.2, 0) is 14.3 Å². The molecule has 0 radical (unpaired) electrons. The second-order valence-electron chi connectivity index (χ2n) is 9.80. The molecule has 1 atom stereocenters. The monoisotopic (exact) mass is 533 g/mol. The van der Waals surface area contributed by atoms with Gasteiger partial charge < -0.3 is 24.8 Å². The molecule has 0 spiro atoms. The van der Waals surface area contributed by atoms with Crippen molar-refractivity contribution in [3.8, 4) is 6.01 Å². The van der Waals surface area contributed by atoms with Gasteiger partial charge in [-0.2, -0.15) is 9.97 Å². The van der Waals surface area contributed by atoms with E-state index in [2.05, 4.69) is 39.6 Å². The van der Waals surface area contributed by atoms with Crippen LogP contribution in [0.1, 0.15) is 31.4 Å². The second kappa shape index (κ2) is 14.6. The van der Waals surface area contributed by atoms with Crippen molar-refractivity contribution in [1.82, 2.24) is 14.9 Å². The van der Waals surface area contributed by atoms with Crippen LogP contribution in [0, 0.1) is 5.92 Å². The molecular weight excluding hydrogens is 494 g/mol. The van der Waals surface area contributed by atoms with E-state index in [0.29, 0.717) is 49.8 Å². The number of fused-ring (bicyclic) bond motifs is 1. The largest absolute Gasteiger partial charge is 0.463 e. The molecule has 0 unspecified atom stereocenters. The molecule has 208 valence electrons. The van der Waals surface area contributed by atoms with Crippen molar-refractivity contribution in [1.29, 1.82) is 0 Å². The Morgan fingerprint density at radius 1 is 1.08 bits per heavy atom. The zero-order valence-electron chi connectivity index (χ0n) is 23.1. The van der Waals surface area contributed by atoms with Crippen molar-refractivity contribution in [3.63, 3.8) is 0 Å². The van der Waals surface area contributed by atoms with Gasteiger partial charge in [0.1, 0.15) is 5.82 Å². The number of carbonyl (C=O) groups is 1. The zero-order valence-corrected chi connectivity index (χ0v) is 23.1. The van der Waals surface area contributed by atoms with Crippen LogP contribution in [0.2, 0.25) is 0 Å². The smallest absolute Gasteiger partial charge is 0.318 e. The number of benzene rings is 2. The first-order valence-corrected chi connectivity index (χ1v) is 13.5. The highest BCUT2D eigenvalue weighted by Gasteiger charge is 2.23. The highest BCUT2D eigenvalue weighted by Crippen LogP contribution is 2.31. The van der Waals surface area contributed by atoms with Crippen LogP contribution in [-0.4, -0.2) is 74.4 Å². The van der Waals surface area contributed by atoms with Crippen molar-refractivity contribution < 1.29 is 19.0 Å². The molecule has 0 aliphatic heterocycles. The maximum atomic E-state index is 12.7. The Bertz CT molecular complexity index is 1220. The number of methoxy groups -OCH3 is 2. The lowest BCUT2D eigenvalue weighted by atomic mass is 10.1. The van der Waals surface area contributed by atoms with Gasteiger partial charge in [0.05, 0.1) is 25.3 Å². The minimum absolute atomic E-state index is 0.0147. The number of hydrogen-bond acceptors (Lipinski definition) is 8. The number of carbonyl (C=O) groups excluding carboxylic acids is 1. The normalized spacial score (nSPS) is 14.2. The summed E-state index contributed by atoms with van der Waals surface area (Å²) in [6.45, 7) is 6.12. The molecule has 1 aromatic heterocycles. The van der Waals surface area contributed by atoms with E-state index < -0.39 is 0 Å². The van der Waals surface area contributed by atoms with E-state index in [1.807, 2.05) is 42.5 Å². The summed E-state index contributed by atoms with van der Waals surface area (Å²) in [6.07, 6.45) is 5.79. The number of aromatic nitrogens is 2. The Labute approximate surface area is 230 Å². The van der Waals surface area contributed by atoms with E-state index in [4.69, 9.17) is 19.2 Å². The summed E-state index contributed by atoms with van der Waals surface area (Å²) >= 11 is 0. The first-order chi connectivity index (χ1) is 19.1. The predicted molar refractivity (Wildman–Crippen MR) is 154 cm³/mol. The average molecular weight is 534 g/mol. The Hall–Kier alpha value is -3.53. The molecule has 1 aliphatic carbocycles. The summed E-state index contributed by atoms with van der Waals surface area (Å²) < 4.78 is 16.3. The number of nitrogens with zero attached hydrogens (tertiary/aromatic N) is 3. The summed E-state index contributed by atoms with van der Waals surface area (Å²) in [4.78, 5) is 24.2. The zero-order chi connectivity index (χ0) is 27.5. The third-order valence-corrected chi connectivity index (χ3v) is 6.60. The first-order valence-electron chi connectivity index (χ1n) is 13.5. The van der Waals surface area contributed by atoms with Gasteiger partial charge in [-0.25, -0.2) is 0 Å². The Morgan fingerprint density at radius 2 is 1.82 bits per heavy atom. The molecular formula is C30H39N5O4. The van der Waals surface area contributed by atoms with Crippen molar-refractivity contribution in [2.45, 2.75) is 25.8 Å². The standard InChI is InChI=1S/C30H39N5O4/c1-22(24-8-5-4-6-9-24)31-29-26-20-25(13-14-27(26)33-30(34-29)39-21-23-11-12-23)32-28(36)10-7-15-35(16-18-37-2)17-19-38-3/h4-10,13-14,20,22-23H,11-12,15-19,21H2,1-3H3,(H,32,36)(H,31,33,34)/t22-/m1/s1. The van der Waals surface area contributed by atoms with E-state index in [0.717, 1.165) is 29.6 Å². The van der Waals surface area contributed by atoms with Crippen LogP contribution >= 0.6 is 0 Å². The number of ether oxygens (including phenoxy) is 3. The van der Waals surface area contributed by atoms with Crippen LogP contribution in [0.5, 0.6) is 6.01 Å². The van der Waals surface area contributed by atoms with Gasteiger partial charge in [-0.1, -0.05) is 36.4 Å². The van der Waals surface area contributed by atoms with Crippen molar-refractivity contribution in [3.05, 3.63) is 66.2 Å². The van der Waals surface area contributed by atoms with Gasteiger partial charge in [0, 0.05) is 57.0 Å². The molecule has 9 nitrogen and oxygen atoms in total. The van der Waals surface area contributed by atoms with Gasteiger partial charge in [-0.05, 0) is 49.4 Å². The third kappa shape index (κ3) is 9.02. The summed E-state index contributed by atoms with van der Waals surface area (Å²) in [6, 6.07) is 16.2. The summed E-state index contributed by atoms with van der Waals surface area (Å²) in [7, 11) is 3.36. The lowest BCUT2D eigenvalue weighted by Gasteiger charge is -2.19. The fraction of sp³-hybridized carbons (Fsp3) is 0.433. The van der Waals surface area contributed by atoms with E-state index in [1.54, 1.807) is 20.3 Å². The molecule has 0 bridgehead atoms. The Kier molecular flexibility index (Phi) is 10.6. The summed E-state index contributed by atoms with van der Waals surface area (Å²) in [5.74, 6) is 1.06. The molecule has 2 N–H and O–H groups in total. The van der Waals surface area contributed by atoms with Crippen molar-refractivity contribution in [2.24, 2.45) is 5.92 Å². The van der Waals surface area contributed by atoms with Gasteiger partial charge in [0.2, 0.25) is 5.91 Å². The van der Waals surface area contributed by atoms with Crippen molar-refractivity contribution in [2.75, 3.05) is 64.3 Å². The van der Waals surface area contributed by atoms with Crippen LogP contribution < -0.4 is 15.4 Å². The molecule has 1 heterocycles. The fourth-order valence-corrected chi connectivity index (χ4v) is 4.09. The number of amides is 1. The van der Waals surface area contributed by atoms with Gasteiger partial charge in [-0.15, -0.1) is 0 Å². The van der Waals surface area contributed by atoms with E-state index in [1.165, 1.54) is 12.8 Å². The van der Waals surface area contributed by atoms with Crippen molar-refractivity contribution >= 4 is 28.3 Å². The lowest BCUT2D eigenvalue weighted by Crippen LogP contribution is -2.31. The van der Waals surface area contributed by atoms with E-state index in [-0.39, 0.29) is 11.9 Å². The molecule has 4 rings (SSSR count). The second-order valence-corrected chi connectivity index (χ2v) is 9.80.